The Balaban J connectivity index is 2.30. The lowest BCUT2D eigenvalue weighted by atomic mass is 9.98. The first kappa shape index (κ1) is 15.9. The summed E-state index contributed by atoms with van der Waals surface area (Å²) in [4.78, 5) is 0. The number of sulfonamides is 1. The SMILES string of the molecule is CCCCS(=O)(=O)N1CCC(CNCCC)CC1. The van der Waals surface area contributed by atoms with E-state index in [1.54, 1.807) is 4.31 Å². The van der Waals surface area contributed by atoms with Crippen molar-refractivity contribution in [1.29, 1.82) is 0 Å². The van der Waals surface area contributed by atoms with Crippen molar-refractivity contribution in [2.75, 3.05) is 31.9 Å². The van der Waals surface area contributed by atoms with E-state index in [1.165, 1.54) is 0 Å². The summed E-state index contributed by atoms with van der Waals surface area (Å²) < 4.78 is 25.7. The zero-order valence-electron chi connectivity index (χ0n) is 11.8. The summed E-state index contributed by atoms with van der Waals surface area (Å²) >= 11 is 0. The minimum absolute atomic E-state index is 0.322. The summed E-state index contributed by atoms with van der Waals surface area (Å²) in [5, 5.41) is 3.42. The normalized spacial score (nSPS) is 19.2. The van der Waals surface area contributed by atoms with Gasteiger partial charge in [0.25, 0.3) is 0 Å². The first-order valence-electron chi connectivity index (χ1n) is 7.28. The third kappa shape index (κ3) is 5.24. The lowest BCUT2D eigenvalue weighted by Crippen LogP contribution is -2.41. The van der Waals surface area contributed by atoms with Gasteiger partial charge in [-0.1, -0.05) is 20.3 Å². The molecule has 0 bridgehead atoms. The van der Waals surface area contributed by atoms with E-state index in [2.05, 4.69) is 12.2 Å². The second-order valence-corrected chi connectivity index (χ2v) is 7.30. The molecule has 108 valence electrons. The van der Waals surface area contributed by atoms with Gasteiger partial charge in [0.2, 0.25) is 10.0 Å². The van der Waals surface area contributed by atoms with Gasteiger partial charge in [-0.2, -0.15) is 0 Å². The molecule has 5 heteroatoms. The Labute approximate surface area is 112 Å². The van der Waals surface area contributed by atoms with Crippen molar-refractivity contribution < 1.29 is 8.42 Å². The van der Waals surface area contributed by atoms with Gasteiger partial charge in [0.1, 0.15) is 0 Å². The van der Waals surface area contributed by atoms with Gasteiger partial charge in [-0.05, 0) is 44.7 Å². The minimum atomic E-state index is -2.98. The molecule has 1 rings (SSSR count). The molecular formula is C13H28N2O2S. The Morgan fingerprint density at radius 1 is 1.17 bits per heavy atom. The molecule has 18 heavy (non-hydrogen) atoms. The van der Waals surface area contributed by atoms with Crippen LogP contribution in [0.2, 0.25) is 0 Å². The molecule has 4 nitrogen and oxygen atoms in total. The maximum Gasteiger partial charge on any atom is 0.214 e. The molecule has 0 amide bonds. The van der Waals surface area contributed by atoms with Crippen molar-refractivity contribution >= 4 is 10.0 Å². The Hall–Kier alpha value is -0.130. The maximum atomic E-state index is 12.0. The summed E-state index contributed by atoms with van der Waals surface area (Å²) in [5.74, 6) is 0.969. The fraction of sp³-hybridized carbons (Fsp3) is 1.00. The Morgan fingerprint density at radius 2 is 1.83 bits per heavy atom. The summed E-state index contributed by atoms with van der Waals surface area (Å²) in [6.45, 7) is 7.72. The van der Waals surface area contributed by atoms with Gasteiger partial charge in [-0.15, -0.1) is 0 Å². The standard InChI is InChI=1S/C13H28N2O2S/c1-3-5-11-18(16,17)15-9-6-13(7-10-15)12-14-8-4-2/h13-14H,3-12H2,1-2H3. The second kappa shape index (κ2) is 8.12. The molecule has 0 spiro atoms. The summed E-state index contributed by atoms with van der Waals surface area (Å²) in [6.07, 6.45) is 4.88. The Morgan fingerprint density at radius 3 is 2.39 bits per heavy atom. The molecule has 0 atom stereocenters. The number of nitrogens with zero attached hydrogens (tertiary/aromatic N) is 1. The van der Waals surface area contributed by atoms with Crippen molar-refractivity contribution in [1.82, 2.24) is 9.62 Å². The summed E-state index contributed by atoms with van der Waals surface area (Å²) in [7, 11) is -2.98. The first-order chi connectivity index (χ1) is 8.60. The number of rotatable bonds is 8. The van der Waals surface area contributed by atoms with Crippen LogP contribution in [-0.2, 0) is 10.0 Å². The van der Waals surface area contributed by atoms with Gasteiger partial charge in [0.05, 0.1) is 5.75 Å². The molecule has 1 aliphatic rings. The predicted octanol–water partition coefficient (Wildman–Crippen LogP) is 1.83. The highest BCUT2D eigenvalue weighted by atomic mass is 32.2. The molecule has 1 aliphatic heterocycles. The summed E-state index contributed by atoms with van der Waals surface area (Å²) in [6, 6.07) is 0. The van der Waals surface area contributed by atoms with Crippen LogP contribution in [0.5, 0.6) is 0 Å². The van der Waals surface area contributed by atoms with Crippen molar-refractivity contribution in [3.05, 3.63) is 0 Å². The van der Waals surface area contributed by atoms with E-state index in [0.29, 0.717) is 24.8 Å². The van der Waals surface area contributed by atoms with Crippen LogP contribution in [0, 0.1) is 5.92 Å². The van der Waals surface area contributed by atoms with E-state index >= 15 is 0 Å². The molecular weight excluding hydrogens is 248 g/mol. The zero-order chi connectivity index (χ0) is 13.4. The van der Waals surface area contributed by atoms with Gasteiger partial charge in [0.15, 0.2) is 0 Å². The molecule has 0 aromatic rings. The second-order valence-electron chi connectivity index (χ2n) is 5.22. The van der Waals surface area contributed by atoms with Crippen LogP contribution in [0.1, 0.15) is 46.0 Å². The molecule has 1 N–H and O–H groups in total. The third-order valence-electron chi connectivity index (χ3n) is 3.58. The third-order valence-corrected chi connectivity index (χ3v) is 5.54. The number of nitrogens with one attached hydrogen (secondary N) is 1. The molecule has 1 heterocycles. The molecule has 0 aromatic carbocycles. The van der Waals surface area contributed by atoms with Crippen molar-refractivity contribution in [3.8, 4) is 0 Å². The van der Waals surface area contributed by atoms with Crippen LogP contribution in [0.25, 0.3) is 0 Å². The van der Waals surface area contributed by atoms with Crippen molar-refractivity contribution in [2.24, 2.45) is 5.92 Å². The first-order valence-corrected chi connectivity index (χ1v) is 8.89. The van der Waals surface area contributed by atoms with Crippen molar-refractivity contribution in [3.63, 3.8) is 0 Å². The molecule has 0 radical (unpaired) electrons. The molecule has 0 unspecified atom stereocenters. The fourth-order valence-electron chi connectivity index (χ4n) is 2.33. The molecule has 1 fully saturated rings. The highest BCUT2D eigenvalue weighted by Gasteiger charge is 2.27. The van der Waals surface area contributed by atoms with Crippen LogP contribution in [0.4, 0.5) is 0 Å². The number of piperidine rings is 1. The lowest BCUT2D eigenvalue weighted by Gasteiger charge is -2.31. The van der Waals surface area contributed by atoms with Gasteiger partial charge in [0, 0.05) is 13.1 Å². The average molecular weight is 276 g/mol. The van der Waals surface area contributed by atoms with Crippen LogP contribution in [0.15, 0.2) is 0 Å². The molecule has 0 aliphatic carbocycles. The van der Waals surface area contributed by atoms with Crippen LogP contribution in [-0.4, -0.2) is 44.7 Å². The Kier molecular flexibility index (Phi) is 7.19. The average Bonchev–Trinajstić information content (AvgIpc) is 2.37. The van der Waals surface area contributed by atoms with E-state index in [1.807, 2.05) is 6.92 Å². The van der Waals surface area contributed by atoms with E-state index in [4.69, 9.17) is 0 Å². The topological polar surface area (TPSA) is 49.4 Å². The zero-order valence-corrected chi connectivity index (χ0v) is 12.6. The van der Waals surface area contributed by atoms with Crippen LogP contribution in [0.3, 0.4) is 0 Å². The maximum absolute atomic E-state index is 12.0. The van der Waals surface area contributed by atoms with Crippen molar-refractivity contribution in [2.45, 2.75) is 46.0 Å². The molecule has 0 aromatic heterocycles. The lowest BCUT2D eigenvalue weighted by molar-refractivity contribution is 0.267. The largest absolute Gasteiger partial charge is 0.316 e. The number of unbranched alkanes of at least 4 members (excludes halogenated alkanes) is 1. The van der Waals surface area contributed by atoms with Gasteiger partial charge >= 0.3 is 0 Å². The predicted molar refractivity (Wildman–Crippen MR) is 76.2 cm³/mol. The van der Waals surface area contributed by atoms with E-state index < -0.39 is 10.0 Å². The van der Waals surface area contributed by atoms with Crippen LogP contribution >= 0.6 is 0 Å². The molecule has 0 saturated carbocycles. The summed E-state index contributed by atoms with van der Waals surface area (Å²) in [5.41, 5.74) is 0. The number of hydrogen-bond acceptors (Lipinski definition) is 3. The van der Waals surface area contributed by atoms with E-state index in [0.717, 1.165) is 45.2 Å². The van der Waals surface area contributed by atoms with Gasteiger partial charge in [-0.25, -0.2) is 12.7 Å². The quantitative estimate of drug-likeness (QED) is 0.688. The van der Waals surface area contributed by atoms with Crippen LogP contribution < -0.4 is 5.32 Å². The van der Waals surface area contributed by atoms with E-state index in [-0.39, 0.29) is 0 Å². The van der Waals surface area contributed by atoms with Gasteiger partial charge < -0.3 is 5.32 Å². The highest BCUT2D eigenvalue weighted by molar-refractivity contribution is 7.89. The Bertz CT molecular complexity index is 309. The monoisotopic (exact) mass is 276 g/mol. The smallest absolute Gasteiger partial charge is 0.214 e. The number of hydrogen-bond donors (Lipinski definition) is 1. The molecule has 1 saturated heterocycles. The van der Waals surface area contributed by atoms with E-state index in [9.17, 15) is 8.42 Å². The minimum Gasteiger partial charge on any atom is -0.316 e. The fourth-order valence-corrected chi connectivity index (χ4v) is 4.01. The highest BCUT2D eigenvalue weighted by Crippen LogP contribution is 2.19. The van der Waals surface area contributed by atoms with Gasteiger partial charge in [-0.3, -0.25) is 0 Å².